The van der Waals surface area contributed by atoms with Crippen LogP contribution in [0.3, 0.4) is 0 Å². The van der Waals surface area contributed by atoms with Crippen molar-refractivity contribution in [3.63, 3.8) is 0 Å². The third kappa shape index (κ3) is 6.78. The van der Waals surface area contributed by atoms with E-state index in [9.17, 15) is 9.59 Å². The predicted octanol–water partition coefficient (Wildman–Crippen LogP) is 6.37. The molecule has 9 heteroatoms. The van der Waals surface area contributed by atoms with Crippen LogP contribution in [-0.2, 0) is 0 Å². The van der Waals surface area contributed by atoms with E-state index in [4.69, 9.17) is 28.6 Å². The average Bonchev–Trinajstić information content (AvgIpc) is 3.00. The minimum Gasteiger partial charge on any atom is -0.494 e. The van der Waals surface area contributed by atoms with E-state index in [2.05, 4.69) is 22.5 Å². The number of hydrogen-bond donors (Lipinski definition) is 2. The lowest BCUT2D eigenvalue weighted by atomic mass is 10.0. The molecule has 0 aliphatic carbocycles. The summed E-state index contributed by atoms with van der Waals surface area (Å²) < 4.78 is 5.61. The highest BCUT2D eigenvalue weighted by molar-refractivity contribution is 7.80. The number of carbonyl (C=O) groups is 2. The Kier molecular flexibility index (Phi) is 9.01. The molecule has 2 amide bonds. The molecule has 210 valence electrons. The Hall–Kier alpha value is -4.14. The number of hydrogen-bond acceptors (Lipinski definition) is 5. The topological polar surface area (TPSA) is 73.9 Å². The van der Waals surface area contributed by atoms with Crippen LogP contribution in [0, 0.1) is 0 Å². The molecule has 4 aromatic carbocycles. The van der Waals surface area contributed by atoms with Gasteiger partial charge in [0.15, 0.2) is 5.11 Å². The summed E-state index contributed by atoms with van der Waals surface area (Å²) in [4.78, 5) is 29.9. The Morgan fingerprint density at radius 1 is 0.927 bits per heavy atom. The van der Waals surface area contributed by atoms with Crippen LogP contribution in [0.2, 0.25) is 5.02 Å². The number of anilines is 2. The van der Waals surface area contributed by atoms with Crippen LogP contribution in [0.15, 0.2) is 84.9 Å². The zero-order chi connectivity index (χ0) is 28.8. The van der Waals surface area contributed by atoms with E-state index in [0.29, 0.717) is 54.6 Å². The number of halogens is 1. The van der Waals surface area contributed by atoms with Crippen molar-refractivity contribution in [3.05, 3.63) is 101 Å². The molecule has 4 aromatic rings. The summed E-state index contributed by atoms with van der Waals surface area (Å²) in [6, 6.07) is 26.2. The molecule has 2 N–H and O–H groups in total. The molecule has 1 heterocycles. The minimum atomic E-state index is -0.282. The van der Waals surface area contributed by atoms with Crippen molar-refractivity contribution < 1.29 is 14.3 Å². The van der Waals surface area contributed by atoms with Gasteiger partial charge >= 0.3 is 0 Å². The second-order valence-electron chi connectivity index (χ2n) is 9.75. The minimum absolute atomic E-state index is 0.0106. The van der Waals surface area contributed by atoms with Crippen molar-refractivity contribution in [1.29, 1.82) is 0 Å². The first-order valence-corrected chi connectivity index (χ1v) is 14.4. The van der Waals surface area contributed by atoms with E-state index in [0.717, 1.165) is 28.6 Å². The van der Waals surface area contributed by atoms with Crippen molar-refractivity contribution in [2.45, 2.75) is 13.3 Å². The quantitative estimate of drug-likeness (QED) is 0.245. The van der Waals surface area contributed by atoms with E-state index < -0.39 is 0 Å². The first kappa shape index (κ1) is 28.4. The van der Waals surface area contributed by atoms with E-state index in [1.807, 2.05) is 77.7 Å². The number of nitrogens with zero attached hydrogens (tertiary/aromatic N) is 2. The predicted molar refractivity (Wildman–Crippen MR) is 169 cm³/mol. The van der Waals surface area contributed by atoms with Gasteiger partial charge < -0.3 is 19.9 Å². The summed E-state index contributed by atoms with van der Waals surface area (Å²) in [6.45, 7) is 5.22. The monoisotopic (exact) mass is 586 g/mol. The van der Waals surface area contributed by atoms with Crippen LogP contribution >= 0.6 is 23.8 Å². The molecule has 5 rings (SSSR count). The van der Waals surface area contributed by atoms with Gasteiger partial charge in [0.05, 0.1) is 17.3 Å². The van der Waals surface area contributed by atoms with Gasteiger partial charge in [0.2, 0.25) is 0 Å². The van der Waals surface area contributed by atoms with E-state index in [-0.39, 0.29) is 16.9 Å². The van der Waals surface area contributed by atoms with Gasteiger partial charge in [-0.25, -0.2) is 0 Å². The van der Waals surface area contributed by atoms with E-state index >= 15 is 0 Å². The maximum atomic E-state index is 13.0. The van der Waals surface area contributed by atoms with Crippen molar-refractivity contribution >= 4 is 62.9 Å². The summed E-state index contributed by atoms with van der Waals surface area (Å²) in [7, 11) is 0. The molecular formula is C32H31ClN4O3S. The summed E-state index contributed by atoms with van der Waals surface area (Å²) in [6.07, 6.45) is 0.937. The number of thiocarbonyl (C=S) groups is 1. The Balaban J connectivity index is 1.15. The lowest BCUT2D eigenvalue weighted by Gasteiger charge is -2.36. The molecule has 1 fully saturated rings. The van der Waals surface area contributed by atoms with Crippen LogP contribution < -0.4 is 20.3 Å². The number of carbonyl (C=O) groups excluding carboxylic acids is 2. The van der Waals surface area contributed by atoms with E-state index in [1.54, 1.807) is 12.1 Å². The molecule has 0 aromatic heterocycles. The molecule has 1 aliphatic rings. The average molecular weight is 587 g/mol. The molecule has 0 spiro atoms. The van der Waals surface area contributed by atoms with Crippen LogP contribution in [0.25, 0.3) is 10.8 Å². The zero-order valence-electron chi connectivity index (χ0n) is 22.7. The molecule has 41 heavy (non-hydrogen) atoms. The van der Waals surface area contributed by atoms with Crippen LogP contribution in [0.1, 0.15) is 34.1 Å². The maximum Gasteiger partial charge on any atom is 0.258 e. The summed E-state index contributed by atoms with van der Waals surface area (Å²) in [5.41, 5.74) is 2.75. The number of rotatable bonds is 7. The number of nitrogens with one attached hydrogen (secondary N) is 2. The Morgan fingerprint density at radius 2 is 1.66 bits per heavy atom. The Bertz CT molecular complexity index is 1560. The largest absolute Gasteiger partial charge is 0.494 e. The van der Waals surface area contributed by atoms with Gasteiger partial charge in [-0.05, 0) is 77.9 Å². The SMILES string of the molecule is CCCOc1ccc(C(=O)N2CCN(c3ccc(NC(=S)NC(=O)c4cccc5ccccc45)cc3Cl)CC2)cc1. The molecule has 0 saturated carbocycles. The van der Waals surface area contributed by atoms with Crippen molar-refractivity contribution in [2.75, 3.05) is 43.0 Å². The maximum absolute atomic E-state index is 13.0. The summed E-state index contributed by atoms with van der Waals surface area (Å²) in [5, 5.41) is 8.40. The lowest BCUT2D eigenvalue weighted by molar-refractivity contribution is 0.0746. The standard InChI is InChI=1S/C32H31ClN4O3S/c1-2-20-40-25-13-10-23(11-14-25)31(39)37-18-16-36(17-19-37)29-15-12-24(21-28(29)33)34-32(41)35-30(38)27-9-5-7-22-6-3-4-8-26(22)27/h3-15,21H,2,16-20H2,1H3,(H2,34,35,38,41). The number of amides is 2. The van der Waals surface area contributed by atoms with Crippen molar-refractivity contribution in [1.82, 2.24) is 10.2 Å². The molecule has 0 atom stereocenters. The molecule has 7 nitrogen and oxygen atoms in total. The first-order chi connectivity index (χ1) is 19.9. The van der Waals surface area contributed by atoms with Crippen LogP contribution in [0.4, 0.5) is 11.4 Å². The van der Waals surface area contributed by atoms with Gasteiger partial charge in [-0.2, -0.15) is 0 Å². The molecular weight excluding hydrogens is 556 g/mol. The highest BCUT2D eigenvalue weighted by Crippen LogP contribution is 2.30. The zero-order valence-corrected chi connectivity index (χ0v) is 24.3. The Labute approximate surface area is 250 Å². The van der Waals surface area contributed by atoms with Gasteiger partial charge in [-0.3, -0.25) is 14.9 Å². The van der Waals surface area contributed by atoms with Crippen molar-refractivity contribution in [2.24, 2.45) is 0 Å². The Morgan fingerprint density at radius 3 is 2.39 bits per heavy atom. The highest BCUT2D eigenvalue weighted by Gasteiger charge is 2.23. The van der Waals surface area contributed by atoms with E-state index in [1.165, 1.54) is 0 Å². The lowest BCUT2D eigenvalue weighted by Crippen LogP contribution is -2.48. The molecule has 0 unspecified atom stereocenters. The van der Waals surface area contributed by atoms with Gasteiger partial charge in [-0.1, -0.05) is 54.9 Å². The number of ether oxygens (including phenoxy) is 1. The number of piperazine rings is 1. The summed E-state index contributed by atoms with van der Waals surface area (Å²) >= 11 is 12.1. The molecule has 0 bridgehead atoms. The summed E-state index contributed by atoms with van der Waals surface area (Å²) in [5.74, 6) is 0.500. The second-order valence-corrected chi connectivity index (χ2v) is 10.6. The van der Waals surface area contributed by atoms with Crippen LogP contribution in [-0.4, -0.2) is 54.6 Å². The number of fused-ring (bicyclic) bond motifs is 1. The first-order valence-electron chi connectivity index (χ1n) is 13.6. The molecule has 0 radical (unpaired) electrons. The van der Waals surface area contributed by atoms with Crippen LogP contribution in [0.5, 0.6) is 5.75 Å². The number of benzene rings is 4. The van der Waals surface area contributed by atoms with Gasteiger partial charge in [0.25, 0.3) is 11.8 Å². The fourth-order valence-electron chi connectivity index (χ4n) is 4.84. The molecule has 1 saturated heterocycles. The van der Waals surface area contributed by atoms with Gasteiger partial charge in [-0.15, -0.1) is 0 Å². The smallest absolute Gasteiger partial charge is 0.258 e. The fourth-order valence-corrected chi connectivity index (χ4v) is 5.35. The van der Waals surface area contributed by atoms with Crippen molar-refractivity contribution in [3.8, 4) is 5.75 Å². The van der Waals surface area contributed by atoms with Gasteiger partial charge in [0.1, 0.15) is 5.75 Å². The third-order valence-electron chi connectivity index (χ3n) is 6.95. The molecule has 1 aliphatic heterocycles. The fraction of sp³-hybridized carbons (Fsp3) is 0.219. The third-order valence-corrected chi connectivity index (χ3v) is 7.46. The highest BCUT2D eigenvalue weighted by atomic mass is 35.5. The normalized spacial score (nSPS) is 13.1. The van der Waals surface area contributed by atoms with Gasteiger partial charge in [0, 0.05) is 43.0 Å². The second kappa shape index (κ2) is 13.0.